The Bertz CT molecular complexity index is 726. The van der Waals surface area contributed by atoms with Crippen molar-refractivity contribution < 1.29 is 4.42 Å². The van der Waals surface area contributed by atoms with Gasteiger partial charge in [-0.15, -0.1) is 0 Å². The molecule has 0 saturated heterocycles. The summed E-state index contributed by atoms with van der Waals surface area (Å²) in [6.07, 6.45) is 5.67. The van der Waals surface area contributed by atoms with Crippen LogP contribution in [0, 0.1) is 6.92 Å². The molecule has 0 amide bonds. The monoisotopic (exact) mass is 269 g/mol. The molecular weight excluding hydrogens is 250 g/mol. The fraction of sp³-hybridized carbons (Fsp3) is 0.312. The van der Waals surface area contributed by atoms with Gasteiger partial charge in [0.25, 0.3) is 0 Å². The summed E-state index contributed by atoms with van der Waals surface area (Å²) in [5.41, 5.74) is 9.57. The largest absolute Gasteiger partial charge is 0.459 e. The molecule has 0 radical (unpaired) electrons. The topological polar surface area (TPSA) is 57.0 Å². The number of nitrogens with zero attached hydrogens (tertiary/aromatic N) is 2. The second-order valence-corrected chi connectivity index (χ2v) is 5.36. The summed E-state index contributed by atoms with van der Waals surface area (Å²) < 4.78 is 7.64. The van der Waals surface area contributed by atoms with Crippen LogP contribution >= 0.6 is 0 Å². The van der Waals surface area contributed by atoms with Gasteiger partial charge < -0.3 is 10.2 Å². The fourth-order valence-corrected chi connectivity index (χ4v) is 2.43. The minimum atomic E-state index is -0.0806. The lowest BCUT2D eigenvalue weighted by Crippen LogP contribution is -2.10. The number of benzene rings is 1. The predicted octanol–water partition coefficient (Wildman–Crippen LogP) is 3.11. The molecule has 4 heteroatoms. The van der Waals surface area contributed by atoms with Gasteiger partial charge in [0, 0.05) is 18.6 Å². The molecule has 0 aliphatic heterocycles. The van der Waals surface area contributed by atoms with Gasteiger partial charge in [0.05, 0.1) is 12.2 Å². The quantitative estimate of drug-likeness (QED) is 0.791. The van der Waals surface area contributed by atoms with E-state index in [4.69, 9.17) is 10.2 Å². The summed E-state index contributed by atoms with van der Waals surface area (Å²) >= 11 is 0. The lowest BCUT2D eigenvalue weighted by molar-refractivity contribution is 0.478. The third-order valence-electron chi connectivity index (χ3n) is 3.56. The minimum absolute atomic E-state index is 0.0806. The van der Waals surface area contributed by atoms with Gasteiger partial charge in [0.1, 0.15) is 11.3 Å². The van der Waals surface area contributed by atoms with Crippen LogP contribution in [0.3, 0.4) is 0 Å². The van der Waals surface area contributed by atoms with Crippen LogP contribution in [0.15, 0.2) is 41.1 Å². The number of aromatic nitrogens is 2. The highest BCUT2D eigenvalue weighted by Gasteiger charge is 2.12. The third kappa shape index (κ3) is 2.60. The first-order chi connectivity index (χ1) is 9.61. The van der Waals surface area contributed by atoms with Gasteiger partial charge in [-0.2, -0.15) is 5.10 Å². The van der Waals surface area contributed by atoms with Crippen molar-refractivity contribution in [3.05, 3.63) is 53.5 Å². The molecule has 0 aliphatic carbocycles. The Labute approximate surface area is 118 Å². The zero-order chi connectivity index (χ0) is 14.1. The van der Waals surface area contributed by atoms with Crippen molar-refractivity contribution >= 4 is 11.0 Å². The van der Waals surface area contributed by atoms with Crippen LogP contribution in [0.25, 0.3) is 11.0 Å². The molecule has 3 rings (SSSR count). The molecule has 2 N–H and O–H groups in total. The Kier molecular flexibility index (Phi) is 3.32. The number of rotatable bonds is 4. The summed E-state index contributed by atoms with van der Waals surface area (Å²) in [7, 11) is 1.92. The Balaban J connectivity index is 1.73. The molecule has 0 spiro atoms. The molecule has 0 bridgehead atoms. The lowest BCUT2D eigenvalue weighted by Gasteiger charge is -2.06. The molecule has 0 aliphatic rings. The highest BCUT2D eigenvalue weighted by molar-refractivity contribution is 5.78. The van der Waals surface area contributed by atoms with Crippen LogP contribution in [-0.2, 0) is 13.5 Å². The van der Waals surface area contributed by atoms with Crippen molar-refractivity contribution in [3.63, 3.8) is 0 Å². The van der Waals surface area contributed by atoms with E-state index in [-0.39, 0.29) is 6.04 Å². The summed E-state index contributed by atoms with van der Waals surface area (Å²) in [6, 6.07) is 8.15. The first-order valence-corrected chi connectivity index (χ1v) is 6.85. The number of furan rings is 1. The van der Waals surface area contributed by atoms with Gasteiger partial charge in [0.15, 0.2) is 0 Å². The first-order valence-electron chi connectivity index (χ1n) is 6.85. The maximum absolute atomic E-state index is 6.23. The number of hydrogen-bond acceptors (Lipinski definition) is 3. The zero-order valence-corrected chi connectivity index (χ0v) is 11.8. The molecule has 0 saturated carbocycles. The van der Waals surface area contributed by atoms with Gasteiger partial charge in [-0.3, -0.25) is 4.68 Å². The van der Waals surface area contributed by atoms with Gasteiger partial charge in [-0.05, 0) is 43.5 Å². The zero-order valence-electron chi connectivity index (χ0n) is 11.8. The van der Waals surface area contributed by atoms with Crippen molar-refractivity contribution in [1.29, 1.82) is 0 Å². The normalized spacial score (nSPS) is 12.9. The molecule has 2 aromatic heterocycles. The van der Waals surface area contributed by atoms with Gasteiger partial charge >= 0.3 is 0 Å². The molecule has 1 unspecified atom stereocenters. The van der Waals surface area contributed by atoms with E-state index in [1.807, 2.05) is 30.2 Å². The maximum Gasteiger partial charge on any atom is 0.134 e. The Hall–Kier alpha value is -2.07. The second kappa shape index (κ2) is 5.13. The summed E-state index contributed by atoms with van der Waals surface area (Å²) in [5.74, 6) is 0.856. The molecule has 1 aromatic carbocycles. The number of fused-ring (bicyclic) bond motifs is 1. The smallest absolute Gasteiger partial charge is 0.134 e. The highest BCUT2D eigenvalue weighted by Crippen LogP contribution is 2.26. The van der Waals surface area contributed by atoms with E-state index >= 15 is 0 Å². The van der Waals surface area contributed by atoms with E-state index in [0.29, 0.717) is 0 Å². The Morgan fingerprint density at radius 2 is 2.20 bits per heavy atom. The number of aryl methyl sites for hydroxylation is 3. The first kappa shape index (κ1) is 12.9. The molecule has 104 valence electrons. The molecular formula is C16H19N3O. The lowest BCUT2D eigenvalue weighted by atomic mass is 10.1. The fourth-order valence-electron chi connectivity index (χ4n) is 2.43. The Morgan fingerprint density at radius 1 is 1.35 bits per heavy atom. The maximum atomic E-state index is 6.23. The van der Waals surface area contributed by atoms with Crippen molar-refractivity contribution in [2.24, 2.45) is 12.8 Å². The molecule has 0 fully saturated rings. The van der Waals surface area contributed by atoms with E-state index < -0.39 is 0 Å². The van der Waals surface area contributed by atoms with Gasteiger partial charge in [-0.1, -0.05) is 11.6 Å². The summed E-state index contributed by atoms with van der Waals surface area (Å²) in [4.78, 5) is 0. The summed E-state index contributed by atoms with van der Waals surface area (Å²) in [6.45, 7) is 2.08. The SMILES string of the molecule is Cc1ccc2oc(C(N)CCc3cnn(C)c3)cc2c1. The van der Waals surface area contributed by atoms with Crippen LogP contribution in [0.5, 0.6) is 0 Å². The van der Waals surface area contributed by atoms with E-state index in [2.05, 4.69) is 30.2 Å². The van der Waals surface area contributed by atoms with E-state index in [1.54, 1.807) is 0 Å². The minimum Gasteiger partial charge on any atom is -0.459 e. The number of hydrogen-bond donors (Lipinski definition) is 1. The molecule has 2 heterocycles. The van der Waals surface area contributed by atoms with Crippen molar-refractivity contribution in [2.75, 3.05) is 0 Å². The van der Waals surface area contributed by atoms with Crippen LogP contribution in [0.2, 0.25) is 0 Å². The Morgan fingerprint density at radius 3 is 2.95 bits per heavy atom. The third-order valence-corrected chi connectivity index (χ3v) is 3.56. The average Bonchev–Trinajstić information content (AvgIpc) is 3.01. The van der Waals surface area contributed by atoms with E-state index in [9.17, 15) is 0 Å². The van der Waals surface area contributed by atoms with Crippen LogP contribution in [0.4, 0.5) is 0 Å². The van der Waals surface area contributed by atoms with Crippen molar-refractivity contribution in [3.8, 4) is 0 Å². The molecule has 20 heavy (non-hydrogen) atoms. The standard InChI is InChI=1S/C16H19N3O/c1-11-3-6-15-13(7-11)8-16(20-15)14(17)5-4-12-9-18-19(2)10-12/h3,6-10,14H,4-5,17H2,1-2H3. The van der Waals surface area contributed by atoms with E-state index in [0.717, 1.165) is 29.6 Å². The average molecular weight is 269 g/mol. The highest BCUT2D eigenvalue weighted by atomic mass is 16.3. The predicted molar refractivity (Wildman–Crippen MR) is 79.4 cm³/mol. The number of nitrogens with two attached hydrogens (primary N) is 1. The van der Waals surface area contributed by atoms with Crippen LogP contribution in [0.1, 0.15) is 29.3 Å². The molecule has 1 atom stereocenters. The second-order valence-electron chi connectivity index (χ2n) is 5.36. The van der Waals surface area contributed by atoms with Crippen molar-refractivity contribution in [1.82, 2.24) is 9.78 Å². The van der Waals surface area contributed by atoms with Crippen LogP contribution < -0.4 is 5.73 Å². The molecule has 4 nitrogen and oxygen atoms in total. The van der Waals surface area contributed by atoms with E-state index in [1.165, 1.54) is 11.1 Å². The molecule has 3 aromatic rings. The van der Waals surface area contributed by atoms with Gasteiger partial charge in [-0.25, -0.2) is 0 Å². The van der Waals surface area contributed by atoms with Gasteiger partial charge in [0.2, 0.25) is 0 Å². The summed E-state index contributed by atoms with van der Waals surface area (Å²) in [5, 5.41) is 5.29. The van der Waals surface area contributed by atoms with Crippen molar-refractivity contribution in [2.45, 2.75) is 25.8 Å². The van der Waals surface area contributed by atoms with Crippen LogP contribution in [-0.4, -0.2) is 9.78 Å².